The molecule has 0 bridgehead atoms. The van der Waals surface area contributed by atoms with Crippen LogP contribution in [0, 0.1) is 5.82 Å². The summed E-state index contributed by atoms with van der Waals surface area (Å²) in [6.07, 6.45) is 0. The van der Waals surface area contributed by atoms with Crippen molar-refractivity contribution in [3.63, 3.8) is 0 Å². The van der Waals surface area contributed by atoms with Crippen molar-refractivity contribution in [2.24, 2.45) is 10.2 Å². The molecule has 0 spiro atoms. The molecule has 3 aromatic carbocycles. The molecule has 140 valence electrons. The third kappa shape index (κ3) is 2.71. The van der Waals surface area contributed by atoms with Crippen molar-refractivity contribution in [2.45, 2.75) is 0 Å². The molecule has 0 fully saturated rings. The van der Waals surface area contributed by atoms with Gasteiger partial charge in [-0.15, -0.1) is 10.2 Å². The maximum atomic E-state index is 13.6. The van der Waals surface area contributed by atoms with Crippen LogP contribution in [0.5, 0.6) is 0 Å². The van der Waals surface area contributed by atoms with E-state index >= 15 is 0 Å². The average Bonchev–Trinajstić information content (AvgIpc) is 3.19. The average molecular weight is 384 g/mol. The lowest BCUT2D eigenvalue weighted by Crippen LogP contribution is -2.25. The number of nitrogens with one attached hydrogen (secondary N) is 1. The van der Waals surface area contributed by atoms with Gasteiger partial charge in [-0.05, 0) is 36.4 Å². The Morgan fingerprint density at radius 2 is 1.52 bits per heavy atom. The van der Waals surface area contributed by atoms with Crippen molar-refractivity contribution in [3.05, 3.63) is 89.7 Å². The molecule has 2 heterocycles. The van der Waals surface area contributed by atoms with Gasteiger partial charge in [-0.3, -0.25) is 14.5 Å². The Kier molecular flexibility index (Phi) is 3.80. The van der Waals surface area contributed by atoms with Crippen LogP contribution in [0.1, 0.15) is 11.1 Å². The van der Waals surface area contributed by atoms with Gasteiger partial charge in [0.1, 0.15) is 5.82 Å². The second-order valence-electron chi connectivity index (χ2n) is 6.53. The molecule has 0 aliphatic carbocycles. The van der Waals surface area contributed by atoms with Gasteiger partial charge in [0.2, 0.25) is 0 Å². The second kappa shape index (κ2) is 6.49. The summed E-state index contributed by atoms with van der Waals surface area (Å²) in [6.45, 7) is 0. The summed E-state index contributed by atoms with van der Waals surface area (Å²) in [7, 11) is 0. The van der Waals surface area contributed by atoms with E-state index in [1.165, 1.54) is 18.2 Å². The minimum absolute atomic E-state index is 0.0320. The first kappa shape index (κ1) is 17.0. The molecular weight excluding hydrogens is 371 g/mol. The first-order valence-corrected chi connectivity index (χ1v) is 8.89. The first-order valence-electron chi connectivity index (χ1n) is 8.89. The molecule has 0 saturated heterocycles. The Morgan fingerprint density at radius 1 is 0.793 bits per heavy atom. The number of carbonyl (C=O) groups excluding carboxylic acids is 2. The molecule has 2 amide bonds. The number of anilines is 3. The number of fused-ring (bicyclic) bond motifs is 2. The van der Waals surface area contributed by atoms with Crippen molar-refractivity contribution in [3.8, 4) is 0 Å². The number of rotatable bonds is 2. The van der Waals surface area contributed by atoms with Crippen molar-refractivity contribution in [2.75, 3.05) is 10.2 Å². The third-order valence-corrected chi connectivity index (χ3v) is 4.77. The molecule has 6 nitrogen and oxygen atoms in total. The summed E-state index contributed by atoms with van der Waals surface area (Å²) < 4.78 is 13.6. The lowest BCUT2D eigenvalue weighted by Gasteiger charge is -2.16. The molecule has 2 aliphatic heterocycles. The standard InChI is InChI=1S/C22H13FN4O2/c23-13-10-11-17-16(12-13)19(21(28)24-17)25-26-20-15-8-4-5-9-18(15)27(22(20)29)14-6-2-1-3-7-14/h1-12H,(H,24,25,28). The van der Waals surface area contributed by atoms with Crippen LogP contribution in [0.25, 0.3) is 0 Å². The van der Waals surface area contributed by atoms with Gasteiger partial charge >= 0.3 is 0 Å². The predicted molar refractivity (Wildman–Crippen MR) is 108 cm³/mol. The maximum Gasteiger partial charge on any atom is 0.284 e. The van der Waals surface area contributed by atoms with Gasteiger partial charge in [0, 0.05) is 16.8 Å². The van der Waals surface area contributed by atoms with Gasteiger partial charge in [-0.25, -0.2) is 4.39 Å². The fraction of sp³-hybridized carbons (Fsp3) is 0. The van der Waals surface area contributed by atoms with E-state index in [0.29, 0.717) is 28.2 Å². The van der Waals surface area contributed by atoms with E-state index in [1.807, 2.05) is 42.5 Å². The van der Waals surface area contributed by atoms with Crippen LogP contribution in [0.4, 0.5) is 21.5 Å². The smallest absolute Gasteiger partial charge is 0.284 e. The monoisotopic (exact) mass is 384 g/mol. The summed E-state index contributed by atoms with van der Waals surface area (Å²) in [5.74, 6) is -1.33. The second-order valence-corrected chi connectivity index (χ2v) is 6.53. The predicted octanol–water partition coefficient (Wildman–Crippen LogP) is 3.65. The Morgan fingerprint density at radius 3 is 2.34 bits per heavy atom. The molecule has 0 unspecified atom stereocenters. The number of para-hydroxylation sites is 2. The molecular formula is C22H13FN4O2. The first-order chi connectivity index (χ1) is 14.1. The van der Waals surface area contributed by atoms with Crippen LogP contribution in [0.15, 0.2) is 83.0 Å². The Hall–Kier alpha value is -4.13. The van der Waals surface area contributed by atoms with Crippen LogP contribution < -0.4 is 10.2 Å². The summed E-state index contributed by atoms with van der Waals surface area (Å²) in [6, 6.07) is 20.4. The normalized spacial score (nSPS) is 17.6. The number of hydrogen-bond donors (Lipinski definition) is 1. The van der Waals surface area contributed by atoms with E-state index in [1.54, 1.807) is 17.0 Å². The minimum atomic E-state index is -0.492. The van der Waals surface area contributed by atoms with Crippen LogP contribution in [0.3, 0.4) is 0 Å². The summed E-state index contributed by atoms with van der Waals surface area (Å²) in [4.78, 5) is 26.9. The molecule has 29 heavy (non-hydrogen) atoms. The highest BCUT2D eigenvalue weighted by atomic mass is 19.1. The topological polar surface area (TPSA) is 74.1 Å². The highest BCUT2D eigenvalue weighted by molar-refractivity contribution is 6.56. The molecule has 5 rings (SSSR count). The van der Waals surface area contributed by atoms with Crippen molar-refractivity contribution < 1.29 is 14.0 Å². The molecule has 0 atom stereocenters. The highest BCUT2D eigenvalue weighted by Gasteiger charge is 2.35. The van der Waals surface area contributed by atoms with Gasteiger partial charge in [-0.1, -0.05) is 36.4 Å². The Labute approximate surface area is 165 Å². The lowest BCUT2D eigenvalue weighted by atomic mass is 10.1. The van der Waals surface area contributed by atoms with Crippen LogP contribution in [-0.4, -0.2) is 23.2 Å². The quantitative estimate of drug-likeness (QED) is 0.685. The number of benzene rings is 3. The third-order valence-electron chi connectivity index (χ3n) is 4.77. The molecule has 0 radical (unpaired) electrons. The van der Waals surface area contributed by atoms with Crippen molar-refractivity contribution >= 4 is 40.3 Å². The van der Waals surface area contributed by atoms with Crippen LogP contribution >= 0.6 is 0 Å². The van der Waals surface area contributed by atoms with Gasteiger partial charge in [0.25, 0.3) is 11.8 Å². The van der Waals surface area contributed by atoms with Crippen molar-refractivity contribution in [1.82, 2.24) is 0 Å². The fourth-order valence-electron chi connectivity index (χ4n) is 3.45. The zero-order valence-corrected chi connectivity index (χ0v) is 15.0. The SMILES string of the molecule is O=C1Nc2ccc(F)cc2C1=NN=C1C(=O)N(c2ccccc2)c2ccccc21. The van der Waals surface area contributed by atoms with E-state index in [9.17, 15) is 14.0 Å². The van der Waals surface area contributed by atoms with E-state index in [-0.39, 0.29) is 17.3 Å². The highest BCUT2D eigenvalue weighted by Crippen LogP contribution is 2.35. The Balaban J connectivity index is 1.61. The number of carbonyl (C=O) groups is 2. The summed E-state index contributed by atoms with van der Waals surface area (Å²) >= 11 is 0. The molecule has 2 aliphatic rings. The molecule has 3 aromatic rings. The van der Waals surface area contributed by atoms with Gasteiger partial charge in [0.15, 0.2) is 11.4 Å². The Bertz CT molecular complexity index is 1230. The van der Waals surface area contributed by atoms with E-state index in [4.69, 9.17) is 0 Å². The summed E-state index contributed by atoms with van der Waals surface area (Å²) in [5, 5.41) is 10.8. The van der Waals surface area contributed by atoms with E-state index < -0.39 is 11.7 Å². The lowest BCUT2D eigenvalue weighted by molar-refractivity contribution is -0.112. The van der Waals surface area contributed by atoms with Crippen LogP contribution in [0.2, 0.25) is 0 Å². The minimum Gasteiger partial charge on any atom is -0.320 e. The van der Waals surface area contributed by atoms with E-state index in [2.05, 4.69) is 15.5 Å². The van der Waals surface area contributed by atoms with Crippen molar-refractivity contribution in [1.29, 1.82) is 0 Å². The van der Waals surface area contributed by atoms with Crippen LogP contribution in [-0.2, 0) is 9.59 Å². The zero-order valence-electron chi connectivity index (χ0n) is 15.0. The van der Waals surface area contributed by atoms with Gasteiger partial charge in [-0.2, -0.15) is 0 Å². The molecule has 1 N–H and O–H groups in total. The number of halogens is 1. The van der Waals surface area contributed by atoms with E-state index in [0.717, 1.165) is 0 Å². The van der Waals surface area contributed by atoms with Gasteiger partial charge in [0.05, 0.1) is 11.4 Å². The number of nitrogens with zero attached hydrogens (tertiary/aromatic N) is 3. The fourth-order valence-corrected chi connectivity index (χ4v) is 3.45. The molecule has 0 aromatic heterocycles. The molecule has 0 saturated carbocycles. The zero-order chi connectivity index (χ0) is 20.0. The largest absolute Gasteiger partial charge is 0.320 e. The summed E-state index contributed by atoms with van der Waals surface area (Å²) in [5.41, 5.74) is 2.87. The maximum absolute atomic E-state index is 13.6. The number of hydrogen-bond acceptors (Lipinski definition) is 4. The number of amides is 2. The van der Waals surface area contributed by atoms with Gasteiger partial charge < -0.3 is 5.32 Å². The molecule has 7 heteroatoms.